The molecule has 0 radical (unpaired) electrons. The van der Waals surface area contributed by atoms with Gasteiger partial charge >= 0.3 is 0 Å². The highest BCUT2D eigenvalue weighted by atomic mass is 15.0. The fourth-order valence-corrected chi connectivity index (χ4v) is 7.36. The van der Waals surface area contributed by atoms with Gasteiger partial charge in [0.25, 0.3) is 0 Å². The normalized spacial score (nSPS) is 11.1. The van der Waals surface area contributed by atoms with Gasteiger partial charge in [-0.1, -0.05) is 97.1 Å². The first-order valence-corrected chi connectivity index (χ1v) is 16.2. The number of hydrogen-bond acceptors (Lipinski definition) is 1. The molecular formula is C45H25N5. The molecule has 5 nitrogen and oxygen atoms in total. The number of fused-ring (bicyclic) bond motifs is 6. The Morgan fingerprint density at radius 2 is 1.18 bits per heavy atom. The molecule has 2 heterocycles. The minimum atomic E-state index is 0.568. The minimum Gasteiger partial charge on any atom is -0.310 e. The summed E-state index contributed by atoms with van der Waals surface area (Å²) in [6.07, 6.45) is 0. The summed E-state index contributed by atoms with van der Waals surface area (Å²) >= 11 is 0. The summed E-state index contributed by atoms with van der Waals surface area (Å²) < 4.78 is 4.47. The largest absolute Gasteiger partial charge is 0.310 e. The molecule has 50 heavy (non-hydrogen) atoms. The highest BCUT2D eigenvalue weighted by molar-refractivity contribution is 6.11. The van der Waals surface area contributed by atoms with E-state index in [4.69, 9.17) is 13.1 Å². The zero-order chi connectivity index (χ0) is 33.8. The molecule has 0 atom stereocenters. The van der Waals surface area contributed by atoms with Crippen LogP contribution in [0, 0.1) is 24.5 Å². The Hall–Kier alpha value is -7.39. The highest BCUT2D eigenvalue weighted by Gasteiger charge is 2.19. The molecule has 2 aromatic heterocycles. The Morgan fingerprint density at radius 3 is 1.98 bits per heavy atom. The first kappa shape index (κ1) is 28.8. The van der Waals surface area contributed by atoms with Crippen LogP contribution < -0.4 is 0 Å². The lowest BCUT2D eigenvalue weighted by Crippen LogP contribution is -1.97. The number of para-hydroxylation sites is 3. The average Bonchev–Trinajstić information content (AvgIpc) is 3.69. The molecule has 9 aromatic rings. The SMILES string of the molecule is [C-]#[N+]c1ccc2c3ccccc3n(-c3cccc(-c4ccc([N+]#[C-])c(-c5ccccc5-n5c6ccccc6c6cc(C#N)ccc65)c4)c3)c2c1. The van der Waals surface area contributed by atoms with Crippen molar-refractivity contribution in [3.8, 4) is 39.7 Å². The van der Waals surface area contributed by atoms with Gasteiger partial charge in [-0.05, 0) is 76.9 Å². The molecule has 0 aliphatic heterocycles. The quantitative estimate of drug-likeness (QED) is 0.177. The van der Waals surface area contributed by atoms with Gasteiger partial charge in [0.15, 0.2) is 11.4 Å². The van der Waals surface area contributed by atoms with E-state index in [1.807, 2.05) is 84.9 Å². The second-order valence-corrected chi connectivity index (χ2v) is 12.3. The third-order valence-electron chi connectivity index (χ3n) is 9.58. The Morgan fingerprint density at radius 1 is 0.480 bits per heavy atom. The molecule has 230 valence electrons. The fourth-order valence-electron chi connectivity index (χ4n) is 7.36. The van der Waals surface area contributed by atoms with Crippen LogP contribution >= 0.6 is 0 Å². The summed E-state index contributed by atoms with van der Waals surface area (Å²) in [6.45, 7) is 15.8. The maximum Gasteiger partial charge on any atom is 0.195 e. The van der Waals surface area contributed by atoms with Crippen molar-refractivity contribution in [2.45, 2.75) is 0 Å². The molecule has 5 heteroatoms. The predicted octanol–water partition coefficient (Wildman–Crippen LogP) is 12.2. The monoisotopic (exact) mass is 635 g/mol. The van der Waals surface area contributed by atoms with E-state index in [0.717, 1.165) is 77.2 Å². The third kappa shape index (κ3) is 4.38. The van der Waals surface area contributed by atoms with Gasteiger partial charge in [-0.2, -0.15) is 5.26 Å². The number of benzene rings is 7. The highest BCUT2D eigenvalue weighted by Crippen LogP contribution is 2.42. The first-order chi connectivity index (χ1) is 24.7. The van der Waals surface area contributed by atoms with Gasteiger partial charge < -0.3 is 9.13 Å². The van der Waals surface area contributed by atoms with Crippen LogP contribution in [-0.2, 0) is 0 Å². The lowest BCUT2D eigenvalue weighted by Gasteiger charge is -2.16. The van der Waals surface area contributed by atoms with E-state index in [2.05, 4.69) is 91.6 Å². The molecular weight excluding hydrogens is 611 g/mol. The zero-order valence-electron chi connectivity index (χ0n) is 26.7. The number of aromatic nitrogens is 2. The van der Waals surface area contributed by atoms with Crippen LogP contribution in [0.15, 0.2) is 152 Å². The van der Waals surface area contributed by atoms with Gasteiger partial charge in [0, 0.05) is 32.7 Å². The van der Waals surface area contributed by atoms with E-state index in [9.17, 15) is 5.26 Å². The van der Waals surface area contributed by atoms with Crippen molar-refractivity contribution in [1.82, 2.24) is 9.13 Å². The number of nitrogens with zero attached hydrogens (tertiary/aromatic N) is 5. The van der Waals surface area contributed by atoms with E-state index in [-0.39, 0.29) is 0 Å². The van der Waals surface area contributed by atoms with Crippen molar-refractivity contribution in [1.29, 1.82) is 5.26 Å². The molecule has 0 spiro atoms. The summed E-state index contributed by atoms with van der Waals surface area (Å²) in [5.74, 6) is 0. The molecule has 0 aliphatic rings. The summed E-state index contributed by atoms with van der Waals surface area (Å²) in [5.41, 5.74) is 11.6. The summed E-state index contributed by atoms with van der Waals surface area (Å²) in [5, 5.41) is 14.0. The van der Waals surface area contributed by atoms with Gasteiger partial charge in [-0.3, -0.25) is 0 Å². The van der Waals surface area contributed by atoms with Crippen molar-refractivity contribution in [2.75, 3.05) is 0 Å². The molecule has 0 saturated carbocycles. The average molecular weight is 636 g/mol. The van der Waals surface area contributed by atoms with Gasteiger partial charge in [-0.25, -0.2) is 9.69 Å². The van der Waals surface area contributed by atoms with Crippen LogP contribution in [0.2, 0.25) is 0 Å². The molecule has 0 bridgehead atoms. The molecule has 0 fully saturated rings. The Bertz CT molecular complexity index is 2970. The standard InChI is InChI=1S/C45H25N5/c1-47-32-20-21-37-34-12-3-6-15-41(34)49(45(37)27-32)33-11-9-10-30(25-33)31-19-22-40(48-2)38(26-31)35-13-4-7-16-42(35)50-43-17-8-5-14-36(43)39-24-29(28-46)18-23-44(39)50/h3-27H. The van der Waals surface area contributed by atoms with Crippen molar-refractivity contribution in [3.63, 3.8) is 0 Å². The van der Waals surface area contributed by atoms with Crippen LogP contribution in [0.5, 0.6) is 0 Å². The van der Waals surface area contributed by atoms with Gasteiger partial charge in [-0.15, -0.1) is 0 Å². The number of nitriles is 1. The second-order valence-electron chi connectivity index (χ2n) is 12.3. The first-order valence-electron chi connectivity index (χ1n) is 16.2. The molecule has 0 N–H and O–H groups in total. The van der Waals surface area contributed by atoms with Gasteiger partial charge in [0.2, 0.25) is 0 Å². The maximum absolute atomic E-state index is 9.65. The van der Waals surface area contributed by atoms with Crippen molar-refractivity contribution >= 4 is 55.0 Å². The van der Waals surface area contributed by atoms with Crippen LogP contribution in [0.3, 0.4) is 0 Å². The van der Waals surface area contributed by atoms with Gasteiger partial charge in [0.05, 0.1) is 47.0 Å². The third-order valence-corrected chi connectivity index (χ3v) is 9.58. The van der Waals surface area contributed by atoms with Crippen LogP contribution in [-0.4, -0.2) is 9.13 Å². The topological polar surface area (TPSA) is 42.4 Å². The Balaban J connectivity index is 1.24. The lowest BCUT2D eigenvalue weighted by atomic mass is 9.96. The summed E-state index contributed by atoms with van der Waals surface area (Å²) in [7, 11) is 0. The smallest absolute Gasteiger partial charge is 0.195 e. The predicted molar refractivity (Wildman–Crippen MR) is 203 cm³/mol. The van der Waals surface area contributed by atoms with E-state index in [1.54, 1.807) is 0 Å². The molecule has 7 aromatic carbocycles. The van der Waals surface area contributed by atoms with E-state index >= 15 is 0 Å². The maximum atomic E-state index is 9.65. The molecule has 9 rings (SSSR count). The Labute approximate surface area is 288 Å². The van der Waals surface area contributed by atoms with Crippen LogP contribution in [0.1, 0.15) is 5.56 Å². The van der Waals surface area contributed by atoms with E-state index in [1.165, 1.54) is 0 Å². The minimum absolute atomic E-state index is 0.568. The lowest BCUT2D eigenvalue weighted by molar-refractivity contribution is 1.18. The van der Waals surface area contributed by atoms with Crippen LogP contribution in [0.4, 0.5) is 11.4 Å². The molecule has 0 aliphatic carbocycles. The van der Waals surface area contributed by atoms with Crippen molar-refractivity contribution in [3.05, 3.63) is 180 Å². The van der Waals surface area contributed by atoms with Gasteiger partial charge in [0.1, 0.15) is 0 Å². The van der Waals surface area contributed by atoms with Crippen molar-refractivity contribution in [2.24, 2.45) is 0 Å². The summed E-state index contributed by atoms with van der Waals surface area (Å²) in [4.78, 5) is 7.68. The molecule has 0 amide bonds. The number of rotatable bonds is 4. The zero-order valence-corrected chi connectivity index (χ0v) is 26.7. The van der Waals surface area contributed by atoms with E-state index < -0.39 is 0 Å². The molecule has 0 saturated heterocycles. The Kier molecular flexibility index (Phi) is 6.56. The van der Waals surface area contributed by atoms with E-state index in [0.29, 0.717) is 16.9 Å². The fraction of sp³-hybridized carbons (Fsp3) is 0. The van der Waals surface area contributed by atoms with Crippen molar-refractivity contribution < 1.29 is 0 Å². The summed E-state index contributed by atoms with van der Waals surface area (Å²) in [6, 6.07) is 53.3. The van der Waals surface area contributed by atoms with Crippen LogP contribution in [0.25, 0.3) is 86.9 Å². The molecule has 0 unspecified atom stereocenters. The number of hydrogen-bond donors (Lipinski definition) is 0. The second kappa shape index (κ2) is 11.4.